The maximum absolute atomic E-state index is 14.4. The molecule has 0 bridgehead atoms. The number of rotatable bonds is 9. The third-order valence-electron chi connectivity index (χ3n) is 7.20. The van der Waals surface area contributed by atoms with Crippen molar-refractivity contribution in [3.05, 3.63) is 65.2 Å². The first kappa shape index (κ1) is 29.8. The topological polar surface area (TPSA) is 87.7 Å². The Morgan fingerprint density at radius 3 is 2.26 bits per heavy atom. The Kier molecular flexibility index (Phi) is 9.80. The quantitative estimate of drug-likeness (QED) is 0.390. The summed E-state index contributed by atoms with van der Waals surface area (Å²) < 4.78 is 5.48. The Balaban J connectivity index is 2.05. The van der Waals surface area contributed by atoms with Gasteiger partial charge in [0, 0.05) is 17.3 Å². The number of aryl methyl sites for hydroxylation is 1. The predicted octanol–water partition coefficient (Wildman–Crippen LogP) is 5.98. The third-order valence-corrected chi connectivity index (χ3v) is 7.20. The molecule has 208 valence electrons. The third kappa shape index (κ3) is 7.63. The van der Waals surface area contributed by atoms with E-state index in [9.17, 15) is 14.4 Å². The van der Waals surface area contributed by atoms with Crippen LogP contribution in [-0.4, -0.2) is 40.5 Å². The molecule has 2 N–H and O–H groups in total. The summed E-state index contributed by atoms with van der Waals surface area (Å²) in [6.45, 7) is 11.1. The Hall–Kier alpha value is -3.79. The smallest absolute Gasteiger partial charge is 0.408 e. The normalized spacial score (nSPS) is 15.6. The van der Waals surface area contributed by atoms with Crippen LogP contribution < -0.4 is 10.6 Å². The van der Waals surface area contributed by atoms with Crippen LogP contribution >= 0.6 is 0 Å². The van der Waals surface area contributed by atoms with Gasteiger partial charge in [-0.1, -0.05) is 56.5 Å². The van der Waals surface area contributed by atoms with Gasteiger partial charge in [0.05, 0.1) is 0 Å². The van der Waals surface area contributed by atoms with Gasteiger partial charge >= 0.3 is 6.09 Å². The fourth-order valence-corrected chi connectivity index (χ4v) is 4.58. The molecule has 1 saturated carbocycles. The average Bonchev–Trinajstić information content (AvgIpc) is 2.85. The maximum Gasteiger partial charge on any atom is 0.408 e. The van der Waals surface area contributed by atoms with E-state index in [1.807, 2.05) is 45.0 Å². The molecule has 0 heterocycles. The van der Waals surface area contributed by atoms with Crippen molar-refractivity contribution >= 4 is 23.6 Å². The number of amides is 3. The number of hydrogen-bond donors (Lipinski definition) is 2. The Morgan fingerprint density at radius 2 is 1.74 bits per heavy atom. The van der Waals surface area contributed by atoms with Crippen molar-refractivity contribution in [3.63, 3.8) is 0 Å². The molecular formula is C32H41N3O4. The molecule has 3 amide bonds. The number of anilines is 1. The predicted molar refractivity (Wildman–Crippen MR) is 154 cm³/mol. The van der Waals surface area contributed by atoms with Gasteiger partial charge in [-0.3, -0.25) is 9.59 Å². The molecular weight excluding hydrogens is 490 g/mol. The second-order valence-electron chi connectivity index (χ2n) is 11.3. The van der Waals surface area contributed by atoms with E-state index in [4.69, 9.17) is 11.2 Å². The van der Waals surface area contributed by atoms with Crippen LogP contribution in [0.2, 0.25) is 0 Å². The number of nitrogens with one attached hydrogen (secondary N) is 2. The number of terminal acetylenes is 1. The van der Waals surface area contributed by atoms with Gasteiger partial charge in [0.25, 0.3) is 5.91 Å². The van der Waals surface area contributed by atoms with Gasteiger partial charge in [-0.25, -0.2) is 4.79 Å². The summed E-state index contributed by atoms with van der Waals surface area (Å²) in [5.74, 6) is 1.80. The summed E-state index contributed by atoms with van der Waals surface area (Å²) >= 11 is 0. The average molecular weight is 532 g/mol. The molecule has 2 aromatic carbocycles. The van der Waals surface area contributed by atoms with Gasteiger partial charge < -0.3 is 20.3 Å². The van der Waals surface area contributed by atoms with Gasteiger partial charge in [-0.15, -0.1) is 6.42 Å². The molecule has 1 aliphatic carbocycles. The monoisotopic (exact) mass is 531 g/mol. The van der Waals surface area contributed by atoms with Gasteiger partial charge in [-0.2, -0.15) is 0 Å². The lowest BCUT2D eigenvalue weighted by molar-refractivity contribution is -0.147. The second-order valence-corrected chi connectivity index (χ2v) is 11.3. The molecule has 3 atom stereocenters. The highest BCUT2D eigenvalue weighted by Crippen LogP contribution is 2.35. The molecule has 3 unspecified atom stereocenters. The molecule has 0 saturated heterocycles. The molecule has 7 heteroatoms. The Bertz CT molecular complexity index is 1210. The summed E-state index contributed by atoms with van der Waals surface area (Å²) in [7, 11) is 0. The van der Waals surface area contributed by atoms with Crippen molar-refractivity contribution in [2.75, 3.05) is 5.32 Å². The van der Waals surface area contributed by atoms with E-state index in [1.54, 1.807) is 49.9 Å². The van der Waals surface area contributed by atoms with Gasteiger partial charge in [0.2, 0.25) is 5.91 Å². The van der Waals surface area contributed by atoms with Gasteiger partial charge in [-0.05, 0) is 82.2 Å². The maximum atomic E-state index is 14.4. The molecule has 0 spiro atoms. The SMILES string of the molecule is C#Cc1ccc(C(C(=O)Nc2ccccc2C)N(C(=O)C(NC(=O)OC(C)(C)C)C(C)CC)C2CCC2)cc1. The zero-order valence-corrected chi connectivity index (χ0v) is 23.9. The first-order valence-corrected chi connectivity index (χ1v) is 13.7. The fraction of sp³-hybridized carbons (Fsp3) is 0.469. The summed E-state index contributed by atoms with van der Waals surface area (Å²) in [6.07, 6.45) is 8.09. The van der Waals surface area contributed by atoms with Crippen molar-refractivity contribution in [2.24, 2.45) is 5.92 Å². The van der Waals surface area contributed by atoms with Crippen LogP contribution in [0.1, 0.15) is 83.0 Å². The Morgan fingerprint density at radius 1 is 1.10 bits per heavy atom. The first-order chi connectivity index (χ1) is 18.4. The first-order valence-electron chi connectivity index (χ1n) is 13.7. The van der Waals surface area contributed by atoms with E-state index < -0.39 is 23.8 Å². The molecule has 0 aliphatic heterocycles. The van der Waals surface area contributed by atoms with Crippen molar-refractivity contribution in [1.82, 2.24) is 10.2 Å². The van der Waals surface area contributed by atoms with E-state index >= 15 is 0 Å². The zero-order chi connectivity index (χ0) is 28.7. The van der Waals surface area contributed by atoms with Gasteiger partial charge in [0.15, 0.2) is 0 Å². The molecule has 3 rings (SSSR count). The van der Waals surface area contributed by atoms with E-state index in [-0.39, 0.29) is 23.8 Å². The summed E-state index contributed by atoms with van der Waals surface area (Å²) in [4.78, 5) is 42.9. The molecule has 7 nitrogen and oxygen atoms in total. The lowest BCUT2D eigenvalue weighted by atomic mass is 9.86. The van der Waals surface area contributed by atoms with Crippen LogP contribution in [0.3, 0.4) is 0 Å². The highest BCUT2D eigenvalue weighted by Gasteiger charge is 2.43. The fourth-order valence-electron chi connectivity index (χ4n) is 4.58. The van der Waals surface area contributed by atoms with Crippen LogP contribution in [0.5, 0.6) is 0 Å². The van der Waals surface area contributed by atoms with Crippen LogP contribution in [0.4, 0.5) is 10.5 Å². The summed E-state index contributed by atoms with van der Waals surface area (Å²) in [6, 6.07) is 12.8. The van der Waals surface area contributed by atoms with Crippen molar-refractivity contribution in [2.45, 2.75) is 91.0 Å². The van der Waals surface area contributed by atoms with Crippen LogP contribution in [-0.2, 0) is 14.3 Å². The lowest BCUT2D eigenvalue weighted by Crippen LogP contribution is -2.58. The number of carbonyl (C=O) groups is 3. The minimum Gasteiger partial charge on any atom is -0.444 e. The van der Waals surface area contributed by atoms with Crippen molar-refractivity contribution < 1.29 is 19.1 Å². The molecule has 0 radical (unpaired) electrons. The summed E-state index contributed by atoms with van der Waals surface area (Å²) in [5, 5.41) is 5.86. The number of ether oxygens (including phenoxy) is 1. The molecule has 0 aromatic heterocycles. The number of benzene rings is 2. The van der Waals surface area contributed by atoms with Crippen LogP contribution in [0.25, 0.3) is 0 Å². The van der Waals surface area contributed by atoms with E-state index in [0.717, 1.165) is 24.8 Å². The number of alkyl carbamates (subject to hydrolysis) is 1. The second kappa shape index (κ2) is 12.8. The number of hydrogen-bond acceptors (Lipinski definition) is 4. The van der Waals surface area contributed by atoms with Crippen molar-refractivity contribution in [1.29, 1.82) is 0 Å². The molecule has 1 fully saturated rings. The largest absolute Gasteiger partial charge is 0.444 e. The Labute approximate surface area is 232 Å². The van der Waals surface area contributed by atoms with Crippen LogP contribution in [0, 0.1) is 25.2 Å². The minimum absolute atomic E-state index is 0.135. The van der Waals surface area contributed by atoms with Crippen molar-refractivity contribution in [3.8, 4) is 12.3 Å². The minimum atomic E-state index is -0.916. The lowest BCUT2D eigenvalue weighted by Gasteiger charge is -2.44. The molecule has 2 aromatic rings. The highest BCUT2D eigenvalue weighted by atomic mass is 16.6. The van der Waals surface area contributed by atoms with Gasteiger partial charge in [0.1, 0.15) is 17.7 Å². The van der Waals surface area contributed by atoms with Crippen LogP contribution in [0.15, 0.2) is 48.5 Å². The number of nitrogens with zero attached hydrogens (tertiary/aromatic N) is 1. The molecule has 39 heavy (non-hydrogen) atoms. The standard InChI is InChI=1S/C32H41N3O4/c1-8-21(3)27(34-31(38)39-32(5,6)7)30(37)35(25-14-12-15-25)28(24-19-17-23(9-2)18-20-24)29(36)33-26-16-11-10-13-22(26)4/h2,10-11,13,16-21,25,27-28H,8,12,14-15H2,1,3-7H3,(H,33,36)(H,34,38). The number of para-hydroxylation sites is 1. The van der Waals surface area contributed by atoms with E-state index in [2.05, 4.69) is 16.6 Å². The zero-order valence-electron chi connectivity index (χ0n) is 23.9. The van der Waals surface area contributed by atoms with E-state index in [1.165, 1.54) is 0 Å². The highest BCUT2D eigenvalue weighted by molar-refractivity contribution is 5.99. The summed E-state index contributed by atoms with van der Waals surface area (Å²) in [5.41, 5.74) is 2.22. The number of carbonyl (C=O) groups excluding carboxylic acids is 3. The van der Waals surface area contributed by atoms with E-state index in [0.29, 0.717) is 23.2 Å². The molecule has 1 aliphatic rings.